The minimum absolute atomic E-state index is 0.209. The van der Waals surface area contributed by atoms with Crippen LogP contribution in [0.25, 0.3) is 0 Å². The summed E-state index contributed by atoms with van der Waals surface area (Å²) in [7, 11) is 3.16. The Morgan fingerprint density at radius 2 is 2.13 bits per heavy atom. The molecule has 1 heterocycles. The Labute approximate surface area is 89.9 Å². The predicted octanol–water partition coefficient (Wildman–Crippen LogP) is 1.55. The molecule has 1 rings (SSSR count). The maximum absolute atomic E-state index is 9.98. The van der Waals surface area contributed by atoms with Gasteiger partial charge in [-0.2, -0.15) is 0 Å². The molecular formula is C11H17NO3. The number of hydrogen-bond acceptors (Lipinski definition) is 4. The highest BCUT2D eigenvalue weighted by atomic mass is 16.5. The van der Waals surface area contributed by atoms with Crippen LogP contribution in [0.1, 0.15) is 25.0 Å². The largest absolute Gasteiger partial charge is 0.495 e. The molecule has 0 spiro atoms. The lowest BCUT2D eigenvalue weighted by Crippen LogP contribution is -2.19. The van der Waals surface area contributed by atoms with Crippen LogP contribution in [-0.4, -0.2) is 30.4 Å². The van der Waals surface area contributed by atoms with Crippen molar-refractivity contribution in [3.63, 3.8) is 0 Å². The minimum Gasteiger partial charge on any atom is -0.495 e. The second-order valence-corrected chi connectivity index (χ2v) is 3.29. The zero-order valence-corrected chi connectivity index (χ0v) is 9.30. The molecule has 0 saturated carbocycles. The van der Waals surface area contributed by atoms with E-state index in [1.54, 1.807) is 32.7 Å². The average molecular weight is 211 g/mol. The van der Waals surface area contributed by atoms with Crippen molar-refractivity contribution in [3.05, 3.63) is 24.0 Å². The number of aliphatic hydroxyl groups excluding tert-OH is 1. The van der Waals surface area contributed by atoms with Gasteiger partial charge in [0, 0.05) is 18.9 Å². The monoisotopic (exact) mass is 211 g/mol. The van der Waals surface area contributed by atoms with Crippen LogP contribution in [0, 0.1) is 0 Å². The second kappa shape index (κ2) is 5.68. The van der Waals surface area contributed by atoms with Crippen LogP contribution in [0.15, 0.2) is 18.5 Å². The summed E-state index contributed by atoms with van der Waals surface area (Å²) in [5.41, 5.74) is 0.711. The van der Waals surface area contributed by atoms with Gasteiger partial charge >= 0.3 is 0 Å². The van der Waals surface area contributed by atoms with Crippen LogP contribution in [0.2, 0.25) is 0 Å². The number of ether oxygens (including phenoxy) is 2. The molecule has 0 fully saturated rings. The van der Waals surface area contributed by atoms with Gasteiger partial charge in [-0.25, -0.2) is 0 Å². The van der Waals surface area contributed by atoms with Gasteiger partial charge in [0.05, 0.1) is 19.4 Å². The van der Waals surface area contributed by atoms with Gasteiger partial charge in [0.25, 0.3) is 0 Å². The summed E-state index contributed by atoms with van der Waals surface area (Å²) in [5.74, 6) is 0.637. The van der Waals surface area contributed by atoms with E-state index in [4.69, 9.17) is 9.47 Å². The molecule has 0 aliphatic rings. The molecule has 2 atom stereocenters. The van der Waals surface area contributed by atoms with Gasteiger partial charge < -0.3 is 14.6 Å². The first-order valence-corrected chi connectivity index (χ1v) is 4.92. The number of rotatable bonds is 5. The van der Waals surface area contributed by atoms with E-state index in [2.05, 4.69) is 4.98 Å². The van der Waals surface area contributed by atoms with Crippen molar-refractivity contribution in [2.75, 3.05) is 14.2 Å². The quantitative estimate of drug-likeness (QED) is 0.802. The smallest absolute Gasteiger partial charge is 0.137 e. The predicted molar refractivity (Wildman–Crippen MR) is 56.8 cm³/mol. The average Bonchev–Trinajstić information content (AvgIpc) is 2.30. The zero-order chi connectivity index (χ0) is 11.3. The number of pyridine rings is 1. The zero-order valence-electron chi connectivity index (χ0n) is 9.30. The molecule has 2 unspecified atom stereocenters. The van der Waals surface area contributed by atoms with Gasteiger partial charge in [0.1, 0.15) is 11.9 Å². The Bertz CT molecular complexity index is 300. The highest BCUT2D eigenvalue weighted by Gasteiger charge is 2.19. The Hall–Kier alpha value is -1.13. The Kier molecular flexibility index (Phi) is 4.52. The molecule has 0 aromatic carbocycles. The topological polar surface area (TPSA) is 51.6 Å². The molecule has 0 radical (unpaired) electrons. The van der Waals surface area contributed by atoms with Crippen LogP contribution in [0.5, 0.6) is 5.75 Å². The van der Waals surface area contributed by atoms with Gasteiger partial charge in [-0.05, 0) is 12.5 Å². The highest BCUT2D eigenvalue weighted by molar-refractivity contribution is 5.25. The molecule has 0 aliphatic heterocycles. The maximum atomic E-state index is 9.98. The van der Waals surface area contributed by atoms with Gasteiger partial charge in [0.2, 0.25) is 0 Å². The lowest BCUT2D eigenvalue weighted by atomic mass is 10.0. The summed E-state index contributed by atoms with van der Waals surface area (Å²) >= 11 is 0. The van der Waals surface area contributed by atoms with Crippen molar-refractivity contribution in [2.45, 2.75) is 25.6 Å². The molecule has 0 bridgehead atoms. The molecule has 15 heavy (non-hydrogen) atoms. The van der Waals surface area contributed by atoms with E-state index < -0.39 is 6.10 Å². The van der Waals surface area contributed by atoms with Crippen LogP contribution in [0.4, 0.5) is 0 Å². The summed E-state index contributed by atoms with van der Waals surface area (Å²) in [6, 6.07) is 1.76. The van der Waals surface area contributed by atoms with E-state index in [0.29, 0.717) is 11.3 Å². The van der Waals surface area contributed by atoms with Crippen LogP contribution in [-0.2, 0) is 4.74 Å². The summed E-state index contributed by atoms with van der Waals surface area (Å²) in [4.78, 5) is 3.99. The molecule has 4 heteroatoms. The Balaban J connectivity index is 2.84. The molecule has 84 valence electrons. The lowest BCUT2D eigenvalue weighted by Gasteiger charge is -2.20. The standard InChI is InChI=1S/C11H17NO3/c1-4-10(15-3)11(13)8-5-9(14-2)7-12-6-8/h5-7,10-11,13H,4H2,1-3H3. The van der Waals surface area contributed by atoms with Crippen molar-refractivity contribution < 1.29 is 14.6 Å². The summed E-state index contributed by atoms with van der Waals surface area (Å²) in [5, 5.41) is 9.98. The molecule has 0 aliphatic carbocycles. The van der Waals surface area contributed by atoms with Crippen molar-refractivity contribution in [1.29, 1.82) is 0 Å². The third-order valence-electron chi connectivity index (χ3n) is 2.37. The van der Waals surface area contributed by atoms with E-state index >= 15 is 0 Å². The Morgan fingerprint density at radius 1 is 1.40 bits per heavy atom. The third kappa shape index (κ3) is 2.91. The summed E-state index contributed by atoms with van der Waals surface area (Å²) in [6.07, 6.45) is 3.09. The number of aromatic nitrogens is 1. The molecule has 0 amide bonds. The first-order valence-electron chi connectivity index (χ1n) is 4.92. The van der Waals surface area contributed by atoms with Gasteiger partial charge in [0.15, 0.2) is 0 Å². The van der Waals surface area contributed by atoms with E-state index in [9.17, 15) is 5.11 Å². The van der Waals surface area contributed by atoms with E-state index in [-0.39, 0.29) is 6.10 Å². The van der Waals surface area contributed by atoms with Gasteiger partial charge in [-0.1, -0.05) is 6.92 Å². The molecular weight excluding hydrogens is 194 g/mol. The van der Waals surface area contributed by atoms with Crippen LogP contribution >= 0.6 is 0 Å². The number of hydrogen-bond donors (Lipinski definition) is 1. The molecule has 1 aromatic rings. The van der Waals surface area contributed by atoms with E-state index in [0.717, 1.165) is 6.42 Å². The highest BCUT2D eigenvalue weighted by Crippen LogP contribution is 2.23. The third-order valence-corrected chi connectivity index (χ3v) is 2.37. The Morgan fingerprint density at radius 3 is 2.67 bits per heavy atom. The lowest BCUT2D eigenvalue weighted by molar-refractivity contribution is -0.0151. The van der Waals surface area contributed by atoms with Crippen molar-refractivity contribution in [2.24, 2.45) is 0 Å². The van der Waals surface area contributed by atoms with Gasteiger partial charge in [-0.15, -0.1) is 0 Å². The molecule has 1 N–H and O–H groups in total. The second-order valence-electron chi connectivity index (χ2n) is 3.29. The van der Waals surface area contributed by atoms with Crippen molar-refractivity contribution >= 4 is 0 Å². The first-order chi connectivity index (χ1) is 7.22. The van der Waals surface area contributed by atoms with Gasteiger partial charge in [-0.3, -0.25) is 4.98 Å². The first kappa shape index (κ1) is 11.9. The summed E-state index contributed by atoms with van der Waals surface area (Å²) < 4.78 is 10.2. The van der Waals surface area contributed by atoms with Crippen LogP contribution < -0.4 is 4.74 Å². The van der Waals surface area contributed by atoms with Crippen molar-refractivity contribution in [3.8, 4) is 5.75 Å². The normalized spacial score (nSPS) is 14.7. The fourth-order valence-electron chi connectivity index (χ4n) is 1.44. The number of nitrogens with zero attached hydrogens (tertiary/aromatic N) is 1. The fourth-order valence-corrected chi connectivity index (χ4v) is 1.44. The fraction of sp³-hybridized carbons (Fsp3) is 0.545. The van der Waals surface area contributed by atoms with E-state index in [1.807, 2.05) is 6.92 Å². The number of methoxy groups -OCH3 is 2. The summed E-state index contributed by atoms with van der Waals surface area (Å²) in [6.45, 7) is 1.96. The van der Waals surface area contributed by atoms with Crippen molar-refractivity contribution in [1.82, 2.24) is 4.98 Å². The van der Waals surface area contributed by atoms with Crippen LogP contribution in [0.3, 0.4) is 0 Å². The molecule has 4 nitrogen and oxygen atoms in total. The number of aliphatic hydroxyl groups is 1. The minimum atomic E-state index is -0.664. The molecule has 1 aromatic heterocycles. The SMILES string of the molecule is CCC(OC)C(O)c1cncc(OC)c1. The molecule has 0 saturated heterocycles. The van der Waals surface area contributed by atoms with E-state index in [1.165, 1.54) is 0 Å². The maximum Gasteiger partial charge on any atom is 0.137 e.